The van der Waals surface area contributed by atoms with E-state index in [1.807, 2.05) is 17.7 Å². The number of anilines is 1. The van der Waals surface area contributed by atoms with Gasteiger partial charge in [-0.25, -0.2) is 4.39 Å². The van der Waals surface area contributed by atoms with Gasteiger partial charge in [-0.05, 0) is 53.9 Å². The minimum absolute atomic E-state index is 0.171. The normalized spacial score (nSPS) is 13.9. The van der Waals surface area contributed by atoms with Crippen molar-refractivity contribution < 1.29 is 4.39 Å². The first-order valence-corrected chi connectivity index (χ1v) is 7.64. The average molecular weight is 338 g/mol. The molecule has 0 fully saturated rings. The largest absolute Gasteiger partial charge is 0.365 e. The summed E-state index contributed by atoms with van der Waals surface area (Å²) in [4.78, 5) is 2.23. The van der Waals surface area contributed by atoms with Crippen LogP contribution in [0.2, 0.25) is 0 Å². The van der Waals surface area contributed by atoms with Crippen molar-refractivity contribution in [3.8, 4) is 0 Å². The summed E-state index contributed by atoms with van der Waals surface area (Å²) in [6, 6.07) is 5.07. The standard InChI is InChI=1S/C15H17BrFN3/c1-3-20-14(15(16)10(2)18-20)9-19-7-6-11-4-5-12(17)8-13(11)19/h4-5,8H,3,6-7,9H2,1-2H3. The van der Waals surface area contributed by atoms with Crippen LogP contribution in [0.3, 0.4) is 0 Å². The molecule has 0 aliphatic carbocycles. The number of aryl methyl sites for hydroxylation is 2. The van der Waals surface area contributed by atoms with E-state index in [4.69, 9.17) is 0 Å². The van der Waals surface area contributed by atoms with E-state index in [-0.39, 0.29) is 5.82 Å². The van der Waals surface area contributed by atoms with Crippen molar-refractivity contribution in [3.05, 3.63) is 45.4 Å². The van der Waals surface area contributed by atoms with Gasteiger partial charge in [-0.3, -0.25) is 4.68 Å². The molecule has 1 aromatic heterocycles. The van der Waals surface area contributed by atoms with Gasteiger partial charge in [0, 0.05) is 18.8 Å². The Hall–Kier alpha value is -1.36. The summed E-state index contributed by atoms with van der Waals surface area (Å²) in [5.41, 5.74) is 4.39. The van der Waals surface area contributed by atoms with Crippen molar-refractivity contribution in [3.63, 3.8) is 0 Å². The van der Waals surface area contributed by atoms with Crippen molar-refractivity contribution in [1.29, 1.82) is 0 Å². The van der Waals surface area contributed by atoms with Crippen LogP contribution in [0, 0.1) is 12.7 Å². The Morgan fingerprint density at radius 1 is 1.40 bits per heavy atom. The SMILES string of the molecule is CCn1nc(C)c(Br)c1CN1CCc2ccc(F)cc21. The summed E-state index contributed by atoms with van der Waals surface area (Å²) in [6.45, 7) is 6.60. The van der Waals surface area contributed by atoms with Gasteiger partial charge in [0.1, 0.15) is 5.82 Å². The van der Waals surface area contributed by atoms with Crippen LogP contribution in [0.1, 0.15) is 23.9 Å². The second-order valence-corrected chi connectivity index (χ2v) is 5.90. The molecule has 0 spiro atoms. The molecule has 3 nitrogen and oxygen atoms in total. The molecule has 3 rings (SSSR count). The van der Waals surface area contributed by atoms with Gasteiger partial charge >= 0.3 is 0 Å². The van der Waals surface area contributed by atoms with Crippen molar-refractivity contribution in [2.75, 3.05) is 11.4 Å². The van der Waals surface area contributed by atoms with Crippen LogP contribution in [0.5, 0.6) is 0 Å². The fraction of sp³-hybridized carbons (Fsp3) is 0.400. The van der Waals surface area contributed by atoms with E-state index in [1.165, 1.54) is 5.56 Å². The lowest BCUT2D eigenvalue weighted by atomic mass is 10.2. The summed E-state index contributed by atoms with van der Waals surface area (Å²) in [6.07, 6.45) is 0.979. The minimum atomic E-state index is -0.171. The molecule has 20 heavy (non-hydrogen) atoms. The zero-order valence-electron chi connectivity index (χ0n) is 11.7. The lowest BCUT2D eigenvalue weighted by Gasteiger charge is -2.20. The maximum absolute atomic E-state index is 13.4. The number of benzene rings is 1. The highest BCUT2D eigenvalue weighted by molar-refractivity contribution is 9.10. The molecule has 0 saturated heterocycles. The molecule has 0 amide bonds. The molecule has 2 heterocycles. The number of halogens is 2. The number of hydrogen-bond donors (Lipinski definition) is 0. The first kappa shape index (κ1) is 13.6. The summed E-state index contributed by atoms with van der Waals surface area (Å²) in [5.74, 6) is -0.171. The van der Waals surface area contributed by atoms with Gasteiger partial charge < -0.3 is 4.90 Å². The molecule has 1 aliphatic heterocycles. The monoisotopic (exact) mass is 337 g/mol. The predicted octanol–water partition coefficient (Wildman–Crippen LogP) is 3.68. The van der Waals surface area contributed by atoms with Crippen LogP contribution in [0.15, 0.2) is 22.7 Å². The van der Waals surface area contributed by atoms with Crippen molar-refractivity contribution in [2.45, 2.75) is 33.4 Å². The van der Waals surface area contributed by atoms with Gasteiger partial charge in [-0.1, -0.05) is 6.07 Å². The van der Waals surface area contributed by atoms with Crippen molar-refractivity contribution in [1.82, 2.24) is 9.78 Å². The summed E-state index contributed by atoms with van der Waals surface area (Å²) >= 11 is 3.62. The van der Waals surface area contributed by atoms with E-state index < -0.39 is 0 Å². The zero-order valence-corrected chi connectivity index (χ0v) is 13.2. The van der Waals surface area contributed by atoms with Gasteiger partial charge in [-0.2, -0.15) is 5.10 Å². The maximum atomic E-state index is 13.4. The molecule has 0 radical (unpaired) electrons. The molecule has 1 aromatic carbocycles. The van der Waals surface area contributed by atoms with E-state index in [0.717, 1.165) is 47.6 Å². The van der Waals surface area contributed by atoms with E-state index in [9.17, 15) is 4.39 Å². The first-order valence-electron chi connectivity index (χ1n) is 6.85. The zero-order chi connectivity index (χ0) is 14.3. The topological polar surface area (TPSA) is 21.1 Å². The Morgan fingerprint density at radius 2 is 2.20 bits per heavy atom. The van der Waals surface area contributed by atoms with Crippen LogP contribution in [0.4, 0.5) is 10.1 Å². The Balaban J connectivity index is 1.93. The maximum Gasteiger partial charge on any atom is 0.125 e. The lowest BCUT2D eigenvalue weighted by Crippen LogP contribution is -2.22. The summed E-state index contributed by atoms with van der Waals surface area (Å²) < 4.78 is 16.5. The molecule has 0 atom stereocenters. The fourth-order valence-corrected chi connectivity index (χ4v) is 3.19. The van der Waals surface area contributed by atoms with Crippen molar-refractivity contribution in [2.24, 2.45) is 0 Å². The number of nitrogens with zero attached hydrogens (tertiary/aromatic N) is 3. The highest BCUT2D eigenvalue weighted by atomic mass is 79.9. The number of hydrogen-bond acceptors (Lipinski definition) is 2. The van der Waals surface area contributed by atoms with Gasteiger partial charge in [-0.15, -0.1) is 0 Å². The van der Waals surface area contributed by atoms with Crippen LogP contribution >= 0.6 is 15.9 Å². The Kier molecular flexibility index (Phi) is 3.54. The number of fused-ring (bicyclic) bond motifs is 1. The molecule has 0 N–H and O–H groups in total. The summed E-state index contributed by atoms with van der Waals surface area (Å²) in [5, 5.41) is 4.51. The average Bonchev–Trinajstić information content (AvgIpc) is 2.95. The Labute approximate surface area is 126 Å². The van der Waals surface area contributed by atoms with E-state index in [0.29, 0.717) is 0 Å². The van der Waals surface area contributed by atoms with Gasteiger partial charge in [0.15, 0.2) is 0 Å². The first-order chi connectivity index (χ1) is 9.60. The smallest absolute Gasteiger partial charge is 0.125 e. The second kappa shape index (κ2) is 5.20. The lowest BCUT2D eigenvalue weighted by molar-refractivity contribution is 0.606. The quantitative estimate of drug-likeness (QED) is 0.851. The number of rotatable bonds is 3. The van der Waals surface area contributed by atoms with Crippen LogP contribution < -0.4 is 4.90 Å². The molecular formula is C15H17BrFN3. The Morgan fingerprint density at radius 3 is 2.95 bits per heavy atom. The summed E-state index contributed by atoms with van der Waals surface area (Å²) in [7, 11) is 0. The minimum Gasteiger partial charge on any atom is -0.365 e. The van der Waals surface area contributed by atoms with E-state index in [1.54, 1.807) is 12.1 Å². The van der Waals surface area contributed by atoms with Crippen LogP contribution in [-0.4, -0.2) is 16.3 Å². The predicted molar refractivity (Wildman–Crippen MR) is 81.5 cm³/mol. The highest BCUT2D eigenvalue weighted by Gasteiger charge is 2.22. The molecule has 0 bridgehead atoms. The third-order valence-corrected chi connectivity index (χ3v) is 4.86. The number of aromatic nitrogens is 2. The molecule has 2 aromatic rings. The van der Waals surface area contributed by atoms with Gasteiger partial charge in [0.05, 0.1) is 22.4 Å². The molecule has 5 heteroatoms. The van der Waals surface area contributed by atoms with E-state index in [2.05, 4.69) is 32.9 Å². The molecule has 0 unspecified atom stereocenters. The molecule has 1 aliphatic rings. The van der Waals surface area contributed by atoms with Crippen molar-refractivity contribution >= 4 is 21.6 Å². The highest BCUT2D eigenvalue weighted by Crippen LogP contribution is 2.32. The fourth-order valence-electron chi connectivity index (χ4n) is 2.78. The van der Waals surface area contributed by atoms with Crippen LogP contribution in [0.25, 0.3) is 0 Å². The Bertz CT molecular complexity index is 651. The third kappa shape index (κ3) is 2.24. The molecular weight excluding hydrogens is 321 g/mol. The molecule has 106 valence electrons. The van der Waals surface area contributed by atoms with Gasteiger partial charge in [0.2, 0.25) is 0 Å². The van der Waals surface area contributed by atoms with Gasteiger partial charge in [0.25, 0.3) is 0 Å². The van der Waals surface area contributed by atoms with Crippen LogP contribution in [-0.2, 0) is 19.5 Å². The molecule has 0 saturated carbocycles. The second-order valence-electron chi connectivity index (χ2n) is 5.11. The third-order valence-electron chi connectivity index (χ3n) is 3.83. The van der Waals surface area contributed by atoms with E-state index >= 15 is 0 Å².